The summed E-state index contributed by atoms with van der Waals surface area (Å²) in [6.45, 7) is 0.461. The Morgan fingerprint density at radius 1 is 1.11 bits per heavy atom. The normalized spacial score (nSPS) is 11.0. The molecule has 0 spiro atoms. The van der Waals surface area contributed by atoms with Crippen LogP contribution in [0.5, 0.6) is 0 Å². The number of rotatable bonds is 6. The molecule has 0 aliphatic heterocycles. The zero-order chi connectivity index (χ0) is 18.6. The second kappa shape index (κ2) is 7.63. The summed E-state index contributed by atoms with van der Waals surface area (Å²) in [6, 6.07) is 15.5. The molecule has 136 valence electrons. The van der Waals surface area contributed by atoms with E-state index in [1.807, 2.05) is 70.0 Å². The van der Waals surface area contributed by atoms with Crippen molar-refractivity contribution in [1.29, 1.82) is 0 Å². The van der Waals surface area contributed by atoms with Gasteiger partial charge in [0.05, 0.1) is 6.20 Å². The average molecular weight is 378 g/mol. The molecule has 4 rings (SSSR count). The van der Waals surface area contributed by atoms with Crippen LogP contribution in [0.15, 0.2) is 66.1 Å². The minimum Gasteiger partial charge on any atom is -0.350 e. The number of imidazole rings is 1. The van der Waals surface area contributed by atoms with E-state index in [1.165, 1.54) is 11.8 Å². The lowest BCUT2D eigenvalue weighted by Crippen LogP contribution is -2.28. The molecule has 0 saturated heterocycles. The number of para-hydroxylation sites is 1. The molecule has 0 aliphatic rings. The Morgan fingerprint density at radius 2 is 1.93 bits per heavy atom. The van der Waals surface area contributed by atoms with Crippen molar-refractivity contribution >= 4 is 23.3 Å². The molecule has 7 nitrogen and oxygen atoms in total. The SMILES string of the molecule is CSc1ncc(C(=O)NCCc2nnc3ccccn23)n1-c1ccccc1. The van der Waals surface area contributed by atoms with E-state index in [1.54, 1.807) is 6.20 Å². The van der Waals surface area contributed by atoms with Crippen molar-refractivity contribution in [2.75, 3.05) is 12.8 Å². The average Bonchev–Trinajstić information content (AvgIpc) is 3.33. The zero-order valence-electron chi connectivity index (χ0n) is 14.7. The fourth-order valence-electron chi connectivity index (χ4n) is 2.91. The maximum atomic E-state index is 12.7. The Bertz CT molecular complexity index is 1070. The number of thioether (sulfide) groups is 1. The summed E-state index contributed by atoms with van der Waals surface area (Å²) in [4.78, 5) is 17.1. The molecule has 3 aromatic heterocycles. The van der Waals surface area contributed by atoms with Crippen LogP contribution in [-0.4, -0.2) is 42.9 Å². The van der Waals surface area contributed by atoms with E-state index in [-0.39, 0.29) is 5.91 Å². The van der Waals surface area contributed by atoms with Crippen LogP contribution in [0.3, 0.4) is 0 Å². The number of benzene rings is 1. The number of hydrogen-bond donors (Lipinski definition) is 1. The summed E-state index contributed by atoms with van der Waals surface area (Å²) in [5.41, 5.74) is 2.22. The fraction of sp³-hybridized carbons (Fsp3) is 0.158. The van der Waals surface area contributed by atoms with Gasteiger partial charge in [0.25, 0.3) is 5.91 Å². The van der Waals surface area contributed by atoms with E-state index in [0.717, 1.165) is 22.3 Å². The van der Waals surface area contributed by atoms with Crippen molar-refractivity contribution in [3.63, 3.8) is 0 Å². The summed E-state index contributed by atoms with van der Waals surface area (Å²) in [6.07, 6.45) is 6.06. The lowest BCUT2D eigenvalue weighted by molar-refractivity contribution is 0.0946. The van der Waals surface area contributed by atoms with Gasteiger partial charge in [-0.25, -0.2) is 4.98 Å². The van der Waals surface area contributed by atoms with Crippen LogP contribution in [0.4, 0.5) is 0 Å². The highest BCUT2D eigenvalue weighted by atomic mass is 32.2. The third kappa shape index (κ3) is 3.43. The molecule has 0 unspecified atom stereocenters. The zero-order valence-corrected chi connectivity index (χ0v) is 15.6. The summed E-state index contributed by atoms with van der Waals surface area (Å²) < 4.78 is 3.79. The number of aromatic nitrogens is 5. The number of nitrogens with one attached hydrogen (secondary N) is 1. The molecule has 1 amide bonds. The summed E-state index contributed by atoms with van der Waals surface area (Å²) >= 11 is 1.50. The lowest BCUT2D eigenvalue weighted by atomic mass is 10.3. The fourth-order valence-corrected chi connectivity index (χ4v) is 3.45. The summed E-state index contributed by atoms with van der Waals surface area (Å²) in [5, 5.41) is 12.0. The topological polar surface area (TPSA) is 77.1 Å². The standard InChI is InChI=1S/C19H18N6OS/c1-27-19-21-13-15(25(19)14-7-3-2-4-8-14)18(26)20-11-10-17-23-22-16-9-5-6-12-24(16)17/h2-9,12-13H,10-11H2,1H3,(H,20,26). The predicted octanol–water partition coefficient (Wildman–Crippen LogP) is 2.61. The van der Waals surface area contributed by atoms with Gasteiger partial charge in [-0.2, -0.15) is 0 Å². The Balaban J connectivity index is 1.50. The van der Waals surface area contributed by atoms with E-state index >= 15 is 0 Å². The van der Waals surface area contributed by atoms with Crippen LogP contribution < -0.4 is 5.32 Å². The molecule has 0 atom stereocenters. The number of pyridine rings is 1. The van der Waals surface area contributed by atoms with Crippen LogP contribution in [0.1, 0.15) is 16.3 Å². The smallest absolute Gasteiger partial charge is 0.269 e. The van der Waals surface area contributed by atoms with Gasteiger partial charge in [-0.3, -0.25) is 13.8 Å². The van der Waals surface area contributed by atoms with Crippen LogP contribution in [0, 0.1) is 0 Å². The third-order valence-corrected chi connectivity index (χ3v) is 4.83. The molecule has 0 aliphatic carbocycles. The maximum absolute atomic E-state index is 12.7. The Kier molecular flexibility index (Phi) is 4.88. The second-order valence-electron chi connectivity index (χ2n) is 5.85. The molecule has 0 bridgehead atoms. The number of amides is 1. The number of carbonyl (C=O) groups excluding carboxylic acids is 1. The monoisotopic (exact) mass is 378 g/mol. The first kappa shape index (κ1) is 17.3. The first-order chi connectivity index (χ1) is 13.3. The molecule has 8 heteroatoms. The largest absolute Gasteiger partial charge is 0.350 e. The quantitative estimate of drug-likeness (QED) is 0.522. The molecule has 0 fully saturated rings. The highest BCUT2D eigenvalue weighted by Gasteiger charge is 2.17. The van der Waals surface area contributed by atoms with E-state index in [0.29, 0.717) is 18.7 Å². The third-order valence-electron chi connectivity index (χ3n) is 4.18. The second-order valence-corrected chi connectivity index (χ2v) is 6.63. The van der Waals surface area contributed by atoms with Gasteiger partial charge < -0.3 is 5.32 Å². The van der Waals surface area contributed by atoms with Crippen LogP contribution in [-0.2, 0) is 6.42 Å². The lowest BCUT2D eigenvalue weighted by Gasteiger charge is -2.11. The molecule has 3 heterocycles. The minimum atomic E-state index is -0.166. The van der Waals surface area contributed by atoms with Gasteiger partial charge in [-0.1, -0.05) is 36.0 Å². The van der Waals surface area contributed by atoms with Gasteiger partial charge in [0.15, 0.2) is 10.8 Å². The predicted molar refractivity (Wildman–Crippen MR) is 104 cm³/mol. The minimum absolute atomic E-state index is 0.166. The Morgan fingerprint density at radius 3 is 2.74 bits per heavy atom. The Hall–Kier alpha value is -3.13. The molecule has 1 N–H and O–H groups in total. The maximum Gasteiger partial charge on any atom is 0.269 e. The van der Waals surface area contributed by atoms with Crippen molar-refractivity contribution in [1.82, 2.24) is 29.5 Å². The van der Waals surface area contributed by atoms with Gasteiger partial charge in [-0.05, 0) is 30.5 Å². The molecular formula is C19H18N6OS. The van der Waals surface area contributed by atoms with Crippen molar-refractivity contribution in [2.45, 2.75) is 11.6 Å². The first-order valence-electron chi connectivity index (χ1n) is 8.52. The van der Waals surface area contributed by atoms with Gasteiger partial charge in [0, 0.05) is 24.8 Å². The van der Waals surface area contributed by atoms with Crippen molar-refractivity contribution in [3.05, 3.63) is 72.4 Å². The van der Waals surface area contributed by atoms with E-state index in [9.17, 15) is 4.79 Å². The van der Waals surface area contributed by atoms with Crippen molar-refractivity contribution in [2.24, 2.45) is 0 Å². The van der Waals surface area contributed by atoms with Crippen LogP contribution in [0.2, 0.25) is 0 Å². The molecular weight excluding hydrogens is 360 g/mol. The number of hydrogen-bond acceptors (Lipinski definition) is 5. The van der Waals surface area contributed by atoms with E-state index in [2.05, 4.69) is 20.5 Å². The van der Waals surface area contributed by atoms with E-state index in [4.69, 9.17) is 0 Å². The number of carbonyl (C=O) groups is 1. The molecule has 0 saturated carbocycles. The summed E-state index contributed by atoms with van der Waals surface area (Å²) in [7, 11) is 0. The molecule has 1 aromatic carbocycles. The van der Waals surface area contributed by atoms with Gasteiger partial charge in [0.2, 0.25) is 0 Å². The molecule has 27 heavy (non-hydrogen) atoms. The number of nitrogens with zero attached hydrogens (tertiary/aromatic N) is 5. The highest BCUT2D eigenvalue weighted by Crippen LogP contribution is 2.21. The first-order valence-corrected chi connectivity index (χ1v) is 9.74. The van der Waals surface area contributed by atoms with Crippen molar-refractivity contribution in [3.8, 4) is 5.69 Å². The van der Waals surface area contributed by atoms with Gasteiger partial charge >= 0.3 is 0 Å². The molecule has 0 radical (unpaired) electrons. The van der Waals surface area contributed by atoms with Gasteiger partial charge in [0.1, 0.15) is 11.5 Å². The molecule has 4 aromatic rings. The number of fused-ring (bicyclic) bond motifs is 1. The Labute approximate surface area is 160 Å². The summed E-state index contributed by atoms with van der Waals surface area (Å²) in [5.74, 6) is 0.646. The van der Waals surface area contributed by atoms with Crippen LogP contribution in [0.25, 0.3) is 11.3 Å². The van der Waals surface area contributed by atoms with E-state index < -0.39 is 0 Å². The van der Waals surface area contributed by atoms with Gasteiger partial charge in [-0.15, -0.1) is 10.2 Å². The highest BCUT2D eigenvalue weighted by molar-refractivity contribution is 7.98. The van der Waals surface area contributed by atoms with Crippen LogP contribution >= 0.6 is 11.8 Å². The van der Waals surface area contributed by atoms with Crippen molar-refractivity contribution < 1.29 is 4.79 Å².